The van der Waals surface area contributed by atoms with Crippen molar-refractivity contribution in [2.75, 3.05) is 18.4 Å². The zero-order valence-corrected chi connectivity index (χ0v) is 19.6. The molecule has 6 nitrogen and oxygen atoms in total. The SMILES string of the molecule is Cc1cc(NC(=O)C(c2ccccc2)c2nc3cc(Cl)ccc3[nH]2)ccc1C(=O)N1CCCC1. The van der Waals surface area contributed by atoms with Gasteiger partial charge in [-0.15, -0.1) is 0 Å². The van der Waals surface area contributed by atoms with E-state index in [1.807, 2.05) is 54.3 Å². The molecule has 1 aliphatic rings. The predicted octanol–water partition coefficient (Wildman–Crippen LogP) is 5.53. The first kappa shape index (κ1) is 22.2. The molecule has 34 heavy (non-hydrogen) atoms. The fraction of sp³-hybridized carbons (Fsp3) is 0.222. The summed E-state index contributed by atoms with van der Waals surface area (Å²) in [7, 11) is 0. The van der Waals surface area contributed by atoms with Crippen molar-refractivity contribution in [2.45, 2.75) is 25.7 Å². The van der Waals surface area contributed by atoms with E-state index in [1.54, 1.807) is 24.3 Å². The summed E-state index contributed by atoms with van der Waals surface area (Å²) in [6, 6.07) is 20.4. The monoisotopic (exact) mass is 472 g/mol. The Hall–Kier alpha value is -3.64. The lowest BCUT2D eigenvalue weighted by molar-refractivity contribution is -0.116. The van der Waals surface area contributed by atoms with Gasteiger partial charge in [0.05, 0.1) is 11.0 Å². The number of nitrogens with zero attached hydrogens (tertiary/aromatic N) is 2. The molecule has 2 amide bonds. The maximum Gasteiger partial charge on any atom is 0.254 e. The van der Waals surface area contributed by atoms with Crippen LogP contribution in [0.5, 0.6) is 0 Å². The van der Waals surface area contributed by atoms with Crippen molar-refractivity contribution in [3.63, 3.8) is 0 Å². The van der Waals surface area contributed by atoms with Crippen LogP contribution < -0.4 is 5.32 Å². The van der Waals surface area contributed by atoms with Gasteiger partial charge in [0, 0.05) is 29.4 Å². The second kappa shape index (κ2) is 9.31. The fourth-order valence-corrected chi connectivity index (χ4v) is 4.67. The standard InChI is InChI=1S/C27H25ClN4O2/c1-17-15-20(10-11-21(17)27(34)32-13-5-6-14-32)29-26(33)24(18-7-3-2-4-8-18)25-30-22-12-9-19(28)16-23(22)31-25/h2-4,7-12,15-16,24H,5-6,13-14H2,1H3,(H,29,33)(H,30,31). The van der Waals surface area contributed by atoms with Gasteiger partial charge < -0.3 is 15.2 Å². The second-order valence-electron chi connectivity index (χ2n) is 8.65. The van der Waals surface area contributed by atoms with Crippen LogP contribution in [0, 0.1) is 6.92 Å². The number of aryl methyl sites for hydroxylation is 1. The highest BCUT2D eigenvalue weighted by atomic mass is 35.5. The molecule has 7 heteroatoms. The fourth-order valence-electron chi connectivity index (χ4n) is 4.50. The Morgan fingerprint density at radius 3 is 2.53 bits per heavy atom. The van der Waals surface area contributed by atoms with Crippen molar-refractivity contribution >= 4 is 40.1 Å². The van der Waals surface area contributed by atoms with Gasteiger partial charge in [0.15, 0.2) is 0 Å². The van der Waals surface area contributed by atoms with Crippen molar-refractivity contribution < 1.29 is 9.59 Å². The molecular formula is C27H25ClN4O2. The van der Waals surface area contributed by atoms with Gasteiger partial charge in [0.2, 0.25) is 5.91 Å². The average Bonchev–Trinajstić information content (AvgIpc) is 3.49. The molecule has 4 aromatic rings. The van der Waals surface area contributed by atoms with Gasteiger partial charge in [-0.1, -0.05) is 41.9 Å². The summed E-state index contributed by atoms with van der Waals surface area (Å²) in [5.41, 5.74) is 4.49. The molecule has 2 N–H and O–H groups in total. The summed E-state index contributed by atoms with van der Waals surface area (Å²) in [6.07, 6.45) is 2.10. The van der Waals surface area contributed by atoms with Crippen LogP contribution in [0.3, 0.4) is 0 Å². The van der Waals surface area contributed by atoms with E-state index in [0.29, 0.717) is 27.6 Å². The van der Waals surface area contributed by atoms with E-state index in [4.69, 9.17) is 11.6 Å². The lowest BCUT2D eigenvalue weighted by Crippen LogP contribution is -2.28. The van der Waals surface area contributed by atoms with E-state index in [2.05, 4.69) is 15.3 Å². The first-order valence-electron chi connectivity index (χ1n) is 11.4. The highest BCUT2D eigenvalue weighted by Gasteiger charge is 2.27. The highest BCUT2D eigenvalue weighted by molar-refractivity contribution is 6.31. The third-order valence-corrected chi connectivity index (χ3v) is 6.48. The second-order valence-corrected chi connectivity index (χ2v) is 9.08. The zero-order valence-electron chi connectivity index (χ0n) is 18.8. The molecule has 0 spiro atoms. The normalized spacial score (nSPS) is 14.4. The van der Waals surface area contributed by atoms with Crippen LogP contribution in [0.2, 0.25) is 5.02 Å². The van der Waals surface area contributed by atoms with Crippen molar-refractivity contribution in [3.05, 3.63) is 94.3 Å². The number of likely N-dealkylation sites (tertiary alicyclic amines) is 1. The Labute approximate surface area is 203 Å². The van der Waals surface area contributed by atoms with Crippen molar-refractivity contribution in [2.24, 2.45) is 0 Å². The number of aromatic nitrogens is 2. The van der Waals surface area contributed by atoms with Gasteiger partial charge in [-0.2, -0.15) is 0 Å². The third kappa shape index (κ3) is 4.41. The topological polar surface area (TPSA) is 78.1 Å². The van der Waals surface area contributed by atoms with Gasteiger partial charge in [0.1, 0.15) is 11.7 Å². The van der Waals surface area contributed by atoms with Gasteiger partial charge in [-0.25, -0.2) is 4.98 Å². The van der Waals surface area contributed by atoms with E-state index < -0.39 is 5.92 Å². The number of carbonyl (C=O) groups excluding carboxylic acids is 2. The molecule has 2 heterocycles. The average molecular weight is 473 g/mol. The Kier molecular flexibility index (Phi) is 6.07. The van der Waals surface area contributed by atoms with E-state index in [-0.39, 0.29) is 11.8 Å². The van der Waals surface area contributed by atoms with Gasteiger partial charge in [0.25, 0.3) is 5.91 Å². The maximum atomic E-state index is 13.5. The number of carbonyl (C=O) groups is 2. The quantitative estimate of drug-likeness (QED) is 0.400. The number of H-pyrrole nitrogens is 1. The van der Waals surface area contributed by atoms with Crippen molar-refractivity contribution in [1.29, 1.82) is 0 Å². The molecule has 1 aliphatic heterocycles. The first-order chi connectivity index (χ1) is 16.5. The number of hydrogen-bond acceptors (Lipinski definition) is 3. The minimum Gasteiger partial charge on any atom is -0.341 e. The zero-order chi connectivity index (χ0) is 23.7. The Balaban J connectivity index is 1.44. The third-order valence-electron chi connectivity index (χ3n) is 6.25. The molecular weight excluding hydrogens is 448 g/mol. The first-order valence-corrected chi connectivity index (χ1v) is 11.8. The number of rotatable bonds is 5. The number of aromatic amines is 1. The maximum absolute atomic E-state index is 13.5. The van der Waals surface area contributed by atoms with Crippen LogP contribution in [0.15, 0.2) is 66.7 Å². The van der Waals surface area contributed by atoms with E-state index in [9.17, 15) is 9.59 Å². The molecule has 5 rings (SSSR count). The lowest BCUT2D eigenvalue weighted by atomic mass is 9.97. The lowest BCUT2D eigenvalue weighted by Gasteiger charge is -2.18. The molecule has 172 valence electrons. The van der Waals surface area contributed by atoms with Crippen molar-refractivity contribution in [1.82, 2.24) is 14.9 Å². The molecule has 3 aromatic carbocycles. The van der Waals surface area contributed by atoms with E-state index >= 15 is 0 Å². The smallest absolute Gasteiger partial charge is 0.254 e. The minimum atomic E-state index is -0.640. The summed E-state index contributed by atoms with van der Waals surface area (Å²) in [4.78, 5) is 36.2. The number of hydrogen-bond donors (Lipinski definition) is 2. The van der Waals surface area contributed by atoms with Gasteiger partial charge in [-0.05, 0) is 67.3 Å². The number of halogens is 1. The number of nitrogens with one attached hydrogen (secondary N) is 2. The number of imidazole rings is 1. The van der Waals surface area contributed by atoms with Gasteiger partial charge >= 0.3 is 0 Å². The predicted molar refractivity (Wildman–Crippen MR) is 134 cm³/mol. The van der Waals surface area contributed by atoms with Crippen LogP contribution in [0.1, 0.15) is 46.1 Å². The molecule has 0 radical (unpaired) electrons. The Bertz CT molecular complexity index is 1360. The minimum absolute atomic E-state index is 0.0518. The summed E-state index contributed by atoms with van der Waals surface area (Å²) in [5, 5.41) is 3.61. The summed E-state index contributed by atoms with van der Waals surface area (Å²) < 4.78 is 0. The molecule has 1 aromatic heterocycles. The number of anilines is 1. The number of amides is 2. The Morgan fingerprint density at radius 2 is 1.79 bits per heavy atom. The summed E-state index contributed by atoms with van der Waals surface area (Å²) in [6.45, 7) is 3.51. The molecule has 1 fully saturated rings. The van der Waals surface area contributed by atoms with E-state index in [1.165, 1.54) is 0 Å². The summed E-state index contributed by atoms with van der Waals surface area (Å²) >= 11 is 6.13. The molecule has 1 unspecified atom stereocenters. The molecule has 0 aliphatic carbocycles. The van der Waals surface area contributed by atoms with Crippen molar-refractivity contribution in [3.8, 4) is 0 Å². The van der Waals surface area contributed by atoms with Gasteiger partial charge in [-0.3, -0.25) is 9.59 Å². The number of benzene rings is 3. The van der Waals surface area contributed by atoms with Crippen LogP contribution >= 0.6 is 11.6 Å². The Morgan fingerprint density at radius 1 is 1.03 bits per heavy atom. The van der Waals surface area contributed by atoms with Crippen LogP contribution in [-0.4, -0.2) is 39.8 Å². The highest BCUT2D eigenvalue weighted by Crippen LogP contribution is 2.28. The van der Waals surface area contributed by atoms with Crippen LogP contribution in [0.25, 0.3) is 11.0 Å². The van der Waals surface area contributed by atoms with Crippen LogP contribution in [0.4, 0.5) is 5.69 Å². The number of fused-ring (bicyclic) bond motifs is 1. The molecule has 0 saturated carbocycles. The van der Waals surface area contributed by atoms with Crippen LogP contribution in [-0.2, 0) is 4.79 Å². The molecule has 1 atom stereocenters. The molecule has 0 bridgehead atoms. The largest absolute Gasteiger partial charge is 0.341 e. The summed E-state index contributed by atoms with van der Waals surface area (Å²) in [5.74, 6) is -0.262. The molecule has 1 saturated heterocycles. The van der Waals surface area contributed by atoms with E-state index in [0.717, 1.165) is 42.6 Å².